The lowest BCUT2D eigenvalue weighted by Crippen LogP contribution is -2.03. The van der Waals surface area contributed by atoms with E-state index in [1.165, 1.54) is 18.2 Å². The van der Waals surface area contributed by atoms with Crippen molar-refractivity contribution in [1.29, 1.82) is 0 Å². The molecule has 0 fully saturated rings. The maximum atomic E-state index is 12.9. The van der Waals surface area contributed by atoms with Crippen LogP contribution in [-0.4, -0.2) is 10.1 Å². The van der Waals surface area contributed by atoms with Crippen molar-refractivity contribution in [3.8, 4) is 5.75 Å². The van der Waals surface area contributed by atoms with Crippen molar-refractivity contribution in [3.63, 3.8) is 0 Å². The molecule has 0 N–H and O–H groups in total. The number of halogens is 2. The Bertz CT molecular complexity index is 530. The number of aromatic nitrogens is 2. The Labute approximate surface area is 102 Å². The Balaban J connectivity index is 2.12. The molecule has 17 heavy (non-hydrogen) atoms. The van der Waals surface area contributed by atoms with Gasteiger partial charge < -0.3 is 9.26 Å². The van der Waals surface area contributed by atoms with E-state index in [0.717, 1.165) is 0 Å². The van der Waals surface area contributed by atoms with Gasteiger partial charge in [-0.05, 0) is 26.0 Å². The molecule has 2 aromatic rings. The highest BCUT2D eigenvalue weighted by Gasteiger charge is 2.15. The maximum absolute atomic E-state index is 12.9. The van der Waals surface area contributed by atoms with Crippen LogP contribution in [0, 0.1) is 12.7 Å². The first kappa shape index (κ1) is 11.9. The van der Waals surface area contributed by atoms with Gasteiger partial charge in [-0.25, -0.2) is 4.39 Å². The summed E-state index contributed by atoms with van der Waals surface area (Å²) in [5.74, 6) is 0.857. The molecular formula is C11H10ClFN2O2. The second-order valence-corrected chi connectivity index (χ2v) is 3.92. The van der Waals surface area contributed by atoms with Crippen LogP contribution in [0.15, 0.2) is 22.7 Å². The highest BCUT2D eigenvalue weighted by molar-refractivity contribution is 6.30. The van der Waals surface area contributed by atoms with Crippen LogP contribution in [0.25, 0.3) is 0 Å². The Morgan fingerprint density at radius 1 is 1.47 bits per heavy atom. The quantitative estimate of drug-likeness (QED) is 0.845. The van der Waals surface area contributed by atoms with E-state index in [9.17, 15) is 4.39 Å². The minimum atomic E-state index is -0.486. The average Bonchev–Trinajstić information content (AvgIpc) is 2.70. The first-order valence-corrected chi connectivity index (χ1v) is 5.36. The number of ether oxygens (including phenoxy) is 1. The first-order valence-electron chi connectivity index (χ1n) is 4.98. The van der Waals surface area contributed by atoms with Gasteiger partial charge in [-0.2, -0.15) is 4.98 Å². The number of hydrogen-bond acceptors (Lipinski definition) is 4. The van der Waals surface area contributed by atoms with Crippen molar-refractivity contribution in [3.05, 3.63) is 40.8 Å². The van der Waals surface area contributed by atoms with Crippen LogP contribution in [0.2, 0.25) is 5.02 Å². The lowest BCUT2D eigenvalue weighted by molar-refractivity contribution is 0.175. The molecule has 90 valence electrons. The molecule has 0 unspecified atom stereocenters. The van der Waals surface area contributed by atoms with Gasteiger partial charge in [0.25, 0.3) is 5.89 Å². The summed E-state index contributed by atoms with van der Waals surface area (Å²) < 4.78 is 23.4. The number of nitrogens with zero attached hydrogens (tertiary/aromatic N) is 2. The molecule has 1 heterocycles. The first-order chi connectivity index (χ1) is 8.06. The zero-order valence-corrected chi connectivity index (χ0v) is 10.0. The summed E-state index contributed by atoms with van der Waals surface area (Å²) in [6.45, 7) is 3.47. The average molecular weight is 257 g/mol. The van der Waals surface area contributed by atoms with Crippen LogP contribution >= 0.6 is 11.6 Å². The Morgan fingerprint density at radius 3 is 2.82 bits per heavy atom. The van der Waals surface area contributed by atoms with Gasteiger partial charge in [0.15, 0.2) is 11.9 Å². The third-order valence-corrected chi connectivity index (χ3v) is 2.38. The largest absolute Gasteiger partial charge is 0.481 e. The van der Waals surface area contributed by atoms with Crippen LogP contribution in [0.3, 0.4) is 0 Å². The van der Waals surface area contributed by atoms with E-state index in [-0.39, 0.29) is 5.02 Å². The Morgan fingerprint density at radius 2 is 2.24 bits per heavy atom. The summed E-state index contributed by atoms with van der Waals surface area (Å²) in [5.41, 5.74) is 0. The minimum Gasteiger partial charge on any atom is -0.481 e. The molecule has 1 atom stereocenters. The van der Waals surface area contributed by atoms with Gasteiger partial charge >= 0.3 is 0 Å². The molecule has 0 saturated heterocycles. The fraction of sp³-hybridized carbons (Fsp3) is 0.273. The van der Waals surface area contributed by atoms with Crippen molar-refractivity contribution in [2.24, 2.45) is 0 Å². The van der Waals surface area contributed by atoms with Gasteiger partial charge in [0.2, 0.25) is 0 Å². The second-order valence-electron chi connectivity index (χ2n) is 3.52. The van der Waals surface area contributed by atoms with Crippen molar-refractivity contribution >= 4 is 11.6 Å². The van der Waals surface area contributed by atoms with Crippen LogP contribution in [0.5, 0.6) is 5.75 Å². The third-order valence-electron chi connectivity index (χ3n) is 2.09. The Hall–Kier alpha value is -1.62. The predicted molar refractivity (Wildman–Crippen MR) is 59.5 cm³/mol. The summed E-state index contributed by atoms with van der Waals surface area (Å²) in [4.78, 5) is 4.04. The molecule has 4 nitrogen and oxygen atoms in total. The zero-order chi connectivity index (χ0) is 12.4. The predicted octanol–water partition coefficient (Wildman–Crippen LogP) is 3.31. The molecule has 1 aromatic carbocycles. The summed E-state index contributed by atoms with van der Waals surface area (Å²) in [6.07, 6.45) is -0.419. The van der Waals surface area contributed by atoms with E-state index in [0.29, 0.717) is 17.5 Å². The maximum Gasteiger partial charge on any atom is 0.267 e. The highest BCUT2D eigenvalue weighted by Crippen LogP contribution is 2.25. The van der Waals surface area contributed by atoms with E-state index in [4.69, 9.17) is 20.9 Å². The van der Waals surface area contributed by atoms with Gasteiger partial charge in [0.1, 0.15) is 11.6 Å². The Kier molecular flexibility index (Phi) is 3.28. The number of hydrogen-bond donors (Lipinski definition) is 0. The summed E-state index contributed by atoms with van der Waals surface area (Å²) in [7, 11) is 0. The molecule has 0 spiro atoms. The summed E-state index contributed by atoms with van der Waals surface area (Å²) in [5, 5.41) is 3.67. The van der Waals surface area contributed by atoms with Crippen molar-refractivity contribution in [2.45, 2.75) is 20.0 Å². The van der Waals surface area contributed by atoms with Crippen molar-refractivity contribution in [1.82, 2.24) is 10.1 Å². The lowest BCUT2D eigenvalue weighted by atomic mass is 10.3. The van der Waals surface area contributed by atoms with Crippen LogP contribution in [-0.2, 0) is 0 Å². The van der Waals surface area contributed by atoms with Gasteiger partial charge in [-0.3, -0.25) is 0 Å². The fourth-order valence-electron chi connectivity index (χ4n) is 1.28. The molecule has 0 bridgehead atoms. The lowest BCUT2D eigenvalue weighted by Gasteiger charge is -2.10. The van der Waals surface area contributed by atoms with Crippen LogP contribution < -0.4 is 4.74 Å². The SMILES string of the molecule is Cc1noc([C@@H](C)Oc2ccc(F)c(Cl)c2)n1. The van der Waals surface area contributed by atoms with Crippen LogP contribution in [0.4, 0.5) is 4.39 Å². The van der Waals surface area contributed by atoms with E-state index in [1.807, 2.05) is 0 Å². The molecule has 0 aliphatic rings. The van der Waals surface area contributed by atoms with Gasteiger partial charge in [-0.1, -0.05) is 16.8 Å². The molecule has 0 radical (unpaired) electrons. The molecule has 0 aliphatic heterocycles. The molecular weight excluding hydrogens is 247 g/mol. The zero-order valence-electron chi connectivity index (χ0n) is 9.28. The standard InChI is InChI=1S/C11H10ClFN2O2/c1-6(11-14-7(2)15-17-11)16-8-3-4-10(13)9(12)5-8/h3-6H,1-2H3/t6-/m1/s1. The molecule has 0 aliphatic carbocycles. The van der Waals surface area contributed by atoms with Crippen molar-refractivity contribution < 1.29 is 13.7 Å². The molecule has 6 heteroatoms. The monoisotopic (exact) mass is 256 g/mol. The van der Waals surface area contributed by atoms with E-state index < -0.39 is 11.9 Å². The fourth-order valence-corrected chi connectivity index (χ4v) is 1.45. The van der Waals surface area contributed by atoms with Gasteiger partial charge in [0.05, 0.1) is 5.02 Å². The summed E-state index contributed by atoms with van der Waals surface area (Å²) >= 11 is 5.64. The topological polar surface area (TPSA) is 48.2 Å². The number of aryl methyl sites for hydroxylation is 1. The molecule has 2 rings (SSSR count). The van der Waals surface area contributed by atoms with Gasteiger partial charge in [0, 0.05) is 6.07 Å². The van der Waals surface area contributed by atoms with E-state index in [1.54, 1.807) is 13.8 Å². The molecule has 1 aromatic heterocycles. The normalized spacial score (nSPS) is 12.5. The number of benzene rings is 1. The smallest absolute Gasteiger partial charge is 0.267 e. The van der Waals surface area contributed by atoms with E-state index >= 15 is 0 Å². The second kappa shape index (κ2) is 4.71. The molecule has 0 amide bonds. The number of rotatable bonds is 3. The summed E-state index contributed by atoms with van der Waals surface area (Å²) in [6, 6.07) is 4.13. The minimum absolute atomic E-state index is 0.0106. The van der Waals surface area contributed by atoms with Crippen LogP contribution in [0.1, 0.15) is 24.7 Å². The van der Waals surface area contributed by atoms with E-state index in [2.05, 4.69) is 10.1 Å². The van der Waals surface area contributed by atoms with Crippen molar-refractivity contribution in [2.75, 3.05) is 0 Å². The van der Waals surface area contributed by atoms with Gasteiger partial charge in [-0.15, -0.1) is 0 Å². The molecule has 0 saturated carbocycles. The highest BCUT2D eigenvalue weighted by atomic mass is 35.5. The third kappa shape index (κ3) is 2.74.